The number of aryl methyl sites for hydroxylation is 3. The molecule has 3 aromatic rings. The van der Waals surface area contributed by atoms with Crippen molar-refractivity contribution in [2.45, 2.75) is 31.7 Å². The number of nitro benzene ring substituents is 1. The first-order chi connectivity index (χ1) is 12.8. The van der Waals surface area contributed by atoms with Gasteiger partial charge >= 0.3 is 0 Å². The summed E-state index contributed by atoms with van der Waals surface area (Å²) in [6.07, 6.45) is 2.53. The van der Waals surface area contributed by atoms with Crippen LogP contribution in [0, 0.1) is 24.0 Å². The summed E-state index contributed by atoms with van der Waals surface area (Å²) in [5.41, 5.74) is 2.06. The summed E-state index contributed by atoms with van der Waals surface area (Å²) < 4.78 is 29.7. The van der Waals surface area contributed by atoms with E-state index in [0.717, 1.165) is 10.9 Å². The SMILES string of the molecule is Cc1cc([N+](=O)[O-])c(S(=O)(=O)NCCCn2ccc3ccccc32)cc1C. The number of rotatable bonds is 7. The van der Waals surface area contributed by atoms with Crippen molar-refractivity contribution in [1.82, 2.24) is 9.29 Å². The summed E-state index contributed by atoms with van der Waals surface area (Å²) in [5.74, 6) is 0. The van der Waals surface area contributed by atoms with Crippen molar-refractivity contribution < 1.29 is 13.3 Å². The van der Waals surface area contributed by atoms with E-state index in [1.807, 2.05) is 36.5 Å². The van der Waals surface area contributed by atoms with Crippen LogP contribution in [0.15, 0.2) is 53.6 Å². The first-order valence-electron chi connectivity index (χ1n) is 8.59. The molecule has 27 heavy (non-hydrogen) atoms. The molecule has 0 radical (unpaired) electrons. The van der Waals surface area contributed by atoms with Crippen molar-refractivity contribution in [2.24, 2.45) is 0 Å². The van der Waals surface area contributed by atoms with Crippen LogP contribution in [0.5, 0.6) is 0 Å². The third-order valence-electron chi connectivity index (χ3n) is 4.61. The fraction of sp³-hybridized carbons (Fsp3) is 0.263. The fourth-order valence-electron chi connectivity index (χ4n) is 3.00. The van der Waals surface area contributed by atoms with Crippen LogP contribution >= 0.6 is 0 Å². The van der Waals surface area contributed by atoms with Gasteiger partial charge < -0.3 is 4.57 Å². The van der Waals surface area contributed by atoms with Gasteiger partial charge in [-0.3, -0.25) is 10.1 Å². The highest BCUT2D eigenvalue weighted by Crippen LogP contribution is 2.27. The van der Waals surface area contributed by atoms with E-state index in [0.29, 0.717) is 24.1 Å². The average Bonchev–Trinajstić information content (AvgIpc) is 3.03. The number of fused-ring (bicyclic) bond motifs is 1. The zero-order valence-electron chi connectivity index (χ0n) is 15.2. The molecule has 0 bridgehead atoms. The molecule has 0 spiro atoms. The second kappa shape index (κ2) is 7.50. The minimum absolute atomic E-state index is 0.193. The van der Waals surface area contributed by atoms with Crippen molar-refractivity contribution in [3.63, 3.8) is 0 Å². The van der Waals surface area contributed by atoms with E-state index < -0.39 is 20.6 Å². The van der Waals surface area contributed by atoms with Gasteiger partial charge in [0.25, 0.3) is 5.69 Å². The summed E-state index contributed by atoms with van der Waals surface area (Å²) in [4.78, 5) is 10.3. The normalized spacial score (nSPS) is 11.8. The summed E-state index contributed by atoms with van der Waals surface area (Å²) in [5, 5.41) is 12.4. The maximum Gasteiger partial charge on any atom is 0.289 e. The topological polar surface area (TPSA) is 94.2 Å². The molecule has 0 saturated heterocycles. The molecule has 7 nitrogen and oxygen atoms in total. The number of nitro groups is 1. The van der Waals surface area contributed by atoms with Crippen molar-refractivity contribution >= 4 is 26.6 Å². The van der Waals surface area contributed by atoms with Gasteiger partial charge in [-0.25, -0.2) is 13.1 Å². The largest absolute Gasteiger partial charge is 0.347 e. The average molecular weight is 387 g/mol. The lowest BCUT2D eigenvalue weighted by atomic mass is 10.1. The Balaban J connectivity index is 1.70. The Morgan fingerprint density at radius 2 is 1.81 bits per heavy atom. The molecule has 0 amide bonds. The molecule has 3 rings (SSSR count). The number of sulfonamides is 1. The highest BCUT2D eigenvalue weighted by Gasteiger charge is 2.26. The van der Waals surface area contributed by atoms with Gasteiger partial charge in [-0.2, -0.15) is 0 Å². The van der Waals surface area contributed by atoms with Crippen LogP contribution in [0.2, 0.25) is 0 Å². The summed E-state index contributed by atoms with van der Waals surface area (Å²) >= 11 is 0. The Bertz CT molecular complexity index is 1100. The fourth-order valence-corrected chi connectivity index (χ4v) is 4.31. The second-order valence-corrected chi connectivity index (χ2v) is 8.22. The number of hydrogen-bond donors (Lipinski definition) is 1. The van der Waals surface area contributed by atoms with Gasteiger partial charge in [0.15, 0.2) is 4.90 Å². The summed E-state index contributed by atoms with van der Waals surface area (Å²) in [6.45, 7) is 4.28. The first-order valence-corrected chi connectivity index (χ1v) is 10.1. The number of nitrogens with one attached hydrogen (secondary N) is 1. The highest BCUT2D eigenvalue weighted by molar-refractivity contribution is 7.89. The number of hydrogen-bond acceptors (Lipinski definition) is 4. The Labute approximate surface area is 157 Å². The maximum absolute atomic E-state index is 12.6. The molecule has 0 fully saturated rings. The molecule has 0 saturated carbocycles. The van der Waals surface area contributed by atoms with Crippen LogP contribution in [0.1, 0.15) is 17.5 Å². The maximum atomic E-state index is 12.6. The molecular weight excluding hydrogens is 366 g/mol. The van der Waals surface area contributed by atoms with Crippen LogP contribution in [-0.2, 0) is 16.6 Å². The molecule has 8 heteroatoms. The molecule has 0 aliphatic rings. The summed E-state index contributed by atoms with van der Waals surface area (Å²) in [7, 11) is -3.96. The smallest absolute Gasteiger partial charge is 0.289 e. The van der Waals surface area contributed by atoms with Crippen molar-refractivity contribution in [1.29, 1.82) is 0 Å². The van der Waals surface area contributed by atoms with Crippen LogP contribution in [-0.4, -0.2) is 24.5 Å². The van der Waals surface area contributed by atoms with Gasteiger partial charge in [0, 0.05) is 30.9 Å². The van der Waals surface area contributed by atoms with Crippen molar-refractivity contribution in [3.05, 3.63) is 69.9 Å². The molecule has 0 atom stereocenters. The van der Waals surface area contributed by atoms with Crippen molar-refractivity contribution in [2.75, 3.05) is 6.54 Å². The predicted octanol–water partition coefficient (Wildman–Crippen LogP) is 3.53. The molecule has 2 aromatic carbocycles. The molecular formula is C19H21N3O4S. The standard InChI is InChI=1S/C19H21N3O4S/c1-14-12-18(22(23)24)19(13-15(14)2)27(25,26)20-9-5-10-21-11-8-16-6-3-4-7-17(16)21/h3-4,6-8,11-13,20H,5,9-10H2,1-2H3. The van der Waals surface area contributed by atoms with Gasteiger partial charge in [-0.05, 0) is 55.0 Å². The molecule has 0 aliphatic heterocycles. The van der Waals surface area contributed by atoms with E-state index in [1.165, 1.54) is 12.1 Å². The zero-order chi connectivity index (χ0) is 19.6. The van der Waals surface area contributed by atoms with Gasteiger partial charge in [-0.15, -0.1) is 0 Å². The van der Waals surface area contributed by atoms with Gasteiger partial charge in [0.1, 0.15) is 0 Å². The predicted molar refractivity (Wildman–Crippen MR) is 104 cm³/mol. The van der Waals surface area contributed by atoms with Gasteiger partial charge in [-0.1, -0.05) is 18.2 Å². The highest BCUT2D eigenvalue weighted by atomic mass is 32.2. The zero-order valence-corrected chi connectivity index (χ0v) is 16.0. The first kappa shape index (κ1) is 19.1. The summed E-state index contributed by atoms with van der Waals surface area (Å²) in [6, 6.07) is 12.6. The quantitative estimate of drug-likeness (QED) is 0.381. The Morgan fingerprint density at radius 1 is 1.11 bits per heavy atom. The minimum Gasteiger partial charge on any atom is -0.347 e. The van der Waals surface area contributed by atoms with Gasteiger partial charge in [0.05, 0.1) is 4.92 Å². The van der Waals surface area contributed by atoms with E-state index in [2.05, 4.69) is 9.29 Å². The molecule has 0 unspecified atom stereocenters. The number of nitrogens with zero attached hydrogens (tertiary/aromatic N) is 2. The van der Waals surface area contributed by atoms with E-state index >= 15 is 0 Å². The third kappa shape index (κ3) is 4.01. The molecule has 1 aromatic heterocycles. The number of aromatic nitrogens is 1. The third-order valence-corrected chi connectivity index (χ3v) is 6.10. The Morgan fingerprint density at radius 3 is 2.56 bits per heavy atom. The molecule has 0 aliphatic carbocycles. The van der Waals surface area contributed by atoms with E-state index in [4.69, 9.17) is 0 Å². The van der Waals surface area contributed by atoms with Gasteiger partial charge in [0.2, 0.25) is 10.0 Å². The Hall–Kier alpha value is -2.71. The molecule has 1 heterocycles. The number of benzene rings is 2. The van der Waals surface area contributed by atoms with Crippen LogP contribution in [0.25, 0.3) is 10.9 Å². The number of para-hydroxylation sites is 1. The van der Waals surface area contributed by atoms with E-state index in [-0.39, 0.29) is 11.4 Å². The minimum atomic E-state index is -3.96. The molecule has 1 N–H and O–H groups in total. The second-order valence-electron chi connectivity index (χ2n) is 6.48. The lowest BCUT2D eigenvalue weighted by Crippen LogP contribution is -2.26. The van der Waals surface area contributed by atoms with Crippen LogP contribution in [0.4, 0.5) is 5.69 Å². The van der Waals surface area contributed by atoms with Crippen molar-refractivity contribution in [3.8, 4) is 0 Å². The lowest BCUT2D eigenvalue weighted by Gasteiger charge is -2.10. The molecule has 142 valence electrons. The monoisotopic (exact) mass is 387 g/mol. The van der Waals surface area contributed by atoms with E-state index in [9.17, 15) is 18.5 Å². The van der Waals surface area contributed by atoms with E-state index in [1.54, 1.807) is 13.8 Å². The Kier molecular flexibility index (Phi) is 5.29. The lowest BCUT2D eigenvalue weighted by molar-refractivity contribution is -0.387. The van der Waals surface area contributed by atoms with Crippen LogP contribution in [0.3, 0.4) is 0 Å². The van der Waals surface area contributed by atoms with Crippen LogP contribution < -0.4 is 4.72 Å².